The van der Waals surface area contributed by atoms with Crippen LogP contribution < -0.4 is 14.8 Å². The molecule has 26 heavy (non-hydrogen) atoms. The summed E-state index contributed by atoms with van der Waals surface area (Å²) < 4.78 is 12.1. The Bertz CT molecular complexity index is 902. The minimum absolute atomic E-state index is 0.271. The van der Waals surface area contributed by atoms with Crippen molar-refractivity contribution in [2.45, 2.75) is 6.54 Å². The van der Waals surface area contributed by atoms with E-state index in [2.05, 4.69) is 10.4 Å². The molecule has 0 aliphatic carbocycles. The Morgan fingerprint density at radius 2 is 1.85 bits per heavy atom. The van der Waals surface area contributed by atoms with Crippen LogP contribution in [0.3, 0.4) is 0 Å². The van der Waals surface area contributed by atoms with Crippen LogP contribution in [0.15, 0.2) is 54.7 Å². The van der Waals surface area contributed by atoms with Gasteiger partial charge in [0, 0.05) is 23.8 Å². The van der Waals surface area contributed by atoms with Gasteiger partial charge in [-0.15, -0.1) is 0 Å². The fourth-order valence-electron chi connectivity index (χ4n) is 2.45. The number of ether oxygens (including phenoxy) is 2. The molecule has 1 N–H and O–H groups in total. The predicted molar refractivity (Wildman–Crippen MR) is 99.3 cm³/mol. The molecule has 0 saturated carbocycles. The van der Waals surface area contributed by atoms with E-state index in [0.29, 0.717) is 28.8 Å². The molecule has 0 aliphatic heterocycles. The van der Waals surface area contributed by atoms with Crippen molar-refractivity contribution in [3.05, 3.63) is 71.0 Å². The SMILES string of the molecule is COc1cc(CNC(=O)c2ccn(-c3cccc(Cl)c3)n2)cc(OC)c1. The normalized spacial score (nSPS) is 10.4. The van der Waals surface area contributed by atoms with Gasteiger partial charge in [0.15, 0.2) is 5.69 Å². The van der Waals surface area contributed by atoms with Crippen molar-refractivity contribution in [2.75, 3.05) is 14.2 Å². The number of hydrogen-bond donors (Lipinski definition) is 1. The number of halogens is 1. The van der Waals surface area contributed by atoms with Gasteiger partial charge in [0.25, 0.3) is 5.91 Å². The van der Waals surface area contributed by atoms with Crippen molar-refractivity contribution < 1.29 is 14.3 Å². The zero-order valence-electron chi connectivity index (χ0n) is 14.4. The second kappa shape index (κ2) is 7.93. The molecule has 3 rings (SSSR count). The van der Waals surface area contributed by atoms with Crippen molar-refractivity contribution in [3.63, 3.8) is 0 Å². The fourth-order valence-corrected chi connectivity index (χ4v) is 2.63. The van der Waals surface area contributed by atoms with E-state index < -0.39 is 0 Å². The molecule has 0 spiro atoms. The lowest BCUT2D eigenvalue weighted by molar-refractivity contribution is 0.0945. The zero-order valence-corrected chi connectivity index (χ0v) is 15.2. The minimum atomic E-state index is -0.271. The number of hydrogen-bond acceptors (Lipinski definition) is 4. The molecule has 0 saturated heterocycles. The smallest absolute Gasteiger partial charge is 0.272 e. The Hall–Kier alpha value is -2.99. The standard InChI is InChI=1S/C19H18ClN3O3/c1-25-16-8-13(9-17(11-16)26-2)12-21-19(24)18-6-7-23(22-18)15-5-3-4-14(20)10-15/h3-11H,12H2,1-2H3,(H,21,24). The average molecular weight is 372 g/mol. The Morgan fingerprint density at radius 1 is 1.12 bits per heavy atom. The van der Waals surface area contributed by atoms with E-state index in [9.17, 15) is 4.79 Å². The third-order valence-electron chi connectivity index (χ3n) is 3.76. The van der Waals surface area contributed by atoms with Crippen LogP contribution in [-0.4, -0.2) is 29.9 Å². The predicted octanol–water partition coefficient (Wildman–Crippen LogP) is 3.47. The second-order valence-corrected chi connectivity index (χ2v) is 5.97. The number of carbonyl (C=O) groups excluding carboxylic acids is 1. The van der Waals surface area contributed by atoms with E-state index in [0.717, 1.165) is 11.3 Å². The summed E-state index contributed by atoms with van der Waals surface area (Å²) in [7, 11) is 3.17. The van der Waals surface area contributed by atoms with Gasteiger partial charge in [-0.05, 0) is 42.0 Å². The topological polar surface area (TPSA) is 65.4 Å². The molecule has 7 heteroatoms. The van der Waals surface area contributed by atoms with E-state index in [1.165, 1.54) is 0 Å². The van der Waals surface area contributed by atoms with Crippen LogP contribution in [0, 0.1) is 0 Å². The second-order valence-electron chi connectivity index (χ2n) is 5.53. The number of amides is 1. The Morgan fingerprint density at radius 3 is 2.50 bits per heavy atom. The molecule has 1 amide bonds. The molecular formula is C19H18ClN3O3. The van der Waals surface area contributed by atoms with E-state index in [-0.39, 0.29) is 5.91 Å². The van der Waals surface area contributed by atoms with Gasteiger partial charge in [-0.2, -0.15) is 5.10 Å². The third kappa shape index (κ3) is 4.15. The monoisotopic (exact) mass is 371 g/mol. The summed E-state index contributed by atoms with van der Waals surface area (Å²) in [5, 5.41) is 7.75. The highest BCUT2D eigenvalue weighted by molar-refractivity contribution is 6.30. The van der Waals surface area contributed by atoms with Crippen LogP contribution in [0.2, 0.25) is 5.02 Å². The molecule has 0 fully saturated rings. The molecule has 0 bridgehead atoms. The maximum absolute atomic E-state index is 12.4. The molecule has 2 aromatic carbocycles. The summed E-state index contributed by atoms with van der Waals surface area (Å²) in [5.74, 6) is 1.06. The van der Waals surface area contributed by atoms with E-state index in [1.54, 1.807) is 49.4 Å². The van der Waals surface area contributed by atoms with Gasteiger partial charge in [-0.1, -0.05) is 17.7 Å². The van der Waals surface area contributed by atoms with Crippen LogP contribution in [0.4, 0.5) is 0 Å². The van der Waals surface area contributed by atoms with Gasteiger partial charge in [0.1, 0.15) is 11.5 Å². The van der Waals surface area contributed by atoms with Gasteiger partial charge < -0.3 is 14.8 Å². The highest BCUT2D eigenvalue weighted by Gasteiger charge is 2.11. The first-order valence-electron chi connectivity index (χ1n) is 7.91. The number of nitrogens with one attached hydrogen (secondary N) is 1. The van der Waals surface area contributed by atoms with Crippen molar-refractivity contribution in [1.29, 1.82) is 0 Å². The summed E-state index contributed by atoms with van der Waals surface area (Å²) >= 11 is 5.99. The van der Waals surface area contributed by atoms with Gasteiger partial charge in [-0.3, -0.25) is 4.79 Å². The van der Waals surface area contributed by atoms with Crippen LogP contribution in [0.1, 0.15) is 16.1 Å². The van der Waals surface area contributed by atoms with E-state index in [1.807, 2.05) is 24.3 Å². The lowest BCUT2D eigenvalue weighted by atomic mass is 10.2. The molecule has 0 unspecified atom stereocenters. The van der Waals surface area contributed by atoms with Crippen molar-refractivity contribution in [2.24, 2.45) is 0 Å². The lowest BCUT2D eigenvalue weighted by Gasteiger charge is -2.09. The first-order chi connectivity index (χ1) is 12.6. The summed E-state index contributed by atoms with van der Waals surface area (Å²) in [4.78, 5) is 12.4. The van der Waals surface area contributed by atoms with E-state index in [4.69, 9.17) is 21.1 Å². The highest BCUT2D eigenvalue weighted by Crippen LogP contribution is 2.22. The van der Waals surface area contributed by atoms with Crippen molar-refractivity contribution >= 4 is 17.5 Å². The fraction of sp³-hybridized carbons (Fsp3) is 0.158. The zero-order chi connectivity index (χ0) is 18.5. The molecular weight excluding hydrogens is 354 g/mol. The molecule has 1 heterocycles. The largest absolute Gasteiger partial charge is 0.497 e. The Kier molecular flexibility index (Phi) is 5.43. The number of methoxy groups -OCH3 is 2. The summed E-state index contributed by atoms with van der Waals surface area (Å²) in [5.41, 5.74) is 1.97. The third-order valence-corrected chi connectivity index (χ3v) is 3.99. The number of nitrogens with zero attached hydrogens (tertiary/aromatic N) is 2. The summed E-state index contributed by atoms with van der Waals surface area (Å²) in [6.45, 7) is 0.330. The molecule has 1 aromatic heterocycles. The Labute approximate surface area is 156 Å². The average Bonchev–Trinajstić information content (AvgIpc) is 3.16. The first-order valence-corrected chi connectivity index (χ1v) is 8.28. The van der Waals surface area contributed by atoms with Gasteiger partial charge in [-0.25, -0.2) is 4.68 Å². The first kappa shape index (κ1) is 17.8. The quantitative estimate of drug-likeness (QED) is 0.720. The molecule has 6 nitrogen and oxygen atoms in total. The lowest BCUT2D eigenvalue weighted by Crippen LogP contribution is -2.23. The Balaban J connectivity index is 1.69. The molecule has 0 aliphatic rings. The van der Waals surface area contributed by atoms with Crippen LogP contribution in [-0.2, 0) is 6.54 Å². The minimum Gasteiger partial charge on any atom is -0.497 e. The number of aromatic nitrogens is 2. The van der Waals surface area contributed by atoms with Crippen molar-refractivity contribution in [1.82, 2.24) is 15.1 Å². The van der Waals surface area contributed by atoms with Gasteiger partial charge in [0.2, 0.25) is 0 Å². The van der Waals surface area contributed by atoms with E-state index >= 15 is 0 Å². The number of carbonyl (C=O) groups is 1. The highest BCUT2D eigenvalue weighted by atomic mass is 35.5. The molecule has 0 radical (unpaired) electrons. The van der Waals surface area contributed by atoms with Gasteiger partial charge >= 0.3 is 0 Å². The number of rotatable bonds is 6. The van der Waals surface area contributed by atoms with Crippen LogP contribution in [0.25, 0.3) is 5.69 Å². The molecule has 0 atom stereocenters. The van der Waals surface area contributed by atoms with Crippen molar-refractivity contribution in [3.8, 4) is 17.2 Å². The van der Waals surface area contributed by atoms with Crippen LogP contribution >= 0.6 is 11.6 Å². The summed E-state index contributed by atoms with van der Waals surface area (Å²) in [6.07, 6.45) is 1.72. The maximum Gasteiger partial charge on any atom is 0.272 e. The van der Waals surface area contributed by atoms with Crippen LogP contribution in [0.5, 0.6) is 11.5 Å². The maximum atomic E-state index is 12.4. The molecule has 3 aromatic rings. The number of benzene rings is 2. The van der Waals surface area contributed by atoms with Gasteiger partial charge in [0.05, 0.1) is 19.9 Å². The molecule has 134 valence electrons. The summed E-state index contributed by atoms with van der Waals surface area (Å²) in [6, 6.07) is 14.4.